The molecule has 1 aromatic rings. The lowest BCUT2D eigenvalue weighted by Gasteiger charge is -2.22. The highest BCUT2D eigenvalue weighted by Crippen LogP contribution is 2.08. The third kappa shape index (κ3) is 6.95. The normalized spacial score (nSPS) is 12.7. The molecule has 0 spiro atoms. The fraction of sp³-hybridized carbons (Fsp3) is 0.583. The molecule has 0 aromatic carbocycles. The summed E-state index contributed by atoms with van der Waals surface area (Å²) in [5, 5.41) is 5.76. The summed E-state index contributed by atoms with van der Waals surface area (Å²) in [5.41, 5.74) is -0.494. The summed E-state index contributed by atoms with van der Waals surface area (Å²) in [7, 11) is 0. The van der Waals surface area contributed by atoms with Crippen LogP contribution in [0.3, 0.4) is 0 Å². The third-order valence-electron chi connectivity index (χ3n) is 1.95. The van der Waals surface area contributed by atoms with Gasteiger partial charge in [0.1, 0.15) is 5.60 Å². The first-order chi connectivity index (χ1) is 8.76. The van der Waals surface area contributed by atoms with E-state index in [1.54, 1.807) is 12.4 Å². The second-order valence-corrected chi connectivity index (χ2v) is 6.07. The Morgan fingerprint density at radius 2 is 2.00 bits per heavy atom. The molecule has 0 saturated carbocycles. The van der Waals surface area contributed by atoms with Gasteiger partial charge in [-0.1, -0.05) is 0 Å². The Labute approximate surface area is 121 Å². The minimum absolute atomic E-state index is 0.0953. The van der Waals surface area contributed by atoms with E-state index in [0.29, 0.717) is 12.5 Å². The fourth-order valence-electron chi connectivity index (χ4n) is 1.21. The number of alkyl carbamates (subject to hydrolysis) is 1. The van der Waals surface area contributed by atoms with Gasteiger partial charge in [-0.2, -0.15) is 0 Å². The van der Waals surface area contributed by atoms with Gasteiger partial charge >= 0.3 is 6.09 Å². The van der Waals surface area contributed by atoms with Crippen LogP contribution < -0.4 is 10.6 Å². The summed E-state index contributed by atoms with van der Waals surface area (Å²) in [6.07, 6.45) is 2.88. The number of nitrogens with one attached hydrogen (secondary N) is 2. The van der Waals surface area contributed by atoms with Crippen molar-refractivity contribution < 1.29 is 9.53 Å². The summed E-state index contributed by atoms with van der Waals surface area (Å²) >= 11 is 3.26. The molecule has 0 radical (unpaired) electrons. The topological polar surface area (TPSA) is 76.1 Å². The van der Waals surface area contributed by atoms with Crippen molar-refractivity contribution in [3.8, 4) is 0 Å². The number of nitrogens with zero attached hydrogens (tertiary/aromatic N) is 2. The molecule has 7 heteroatoms. The largest absolute Gasteiger partial charge is 0.444 e. The fourth-order valence-corrected chi connectivity index (χ4v) is 1.41. The maximum Gasteiger partial charge on any atom is 0.407 e. The summed E-state index contributed by atoms with van der Waals surface area (Å²) in [5.74, 6) is 0.515. The summed E-state index contributed by atoms with van der Waals surface area (Å²) in [6.45, 7) is 7.86. The first kappa shape index (κ1) is 15.7. The molecule has 0 fully saturated rings. The Morgan fingerprint density at radius 3 is 2.53 bits per heavy atom. The number of halogens is 1. The second-order valence-electron chi connectivity index (χ2n) is 5.15. The van der Waals surface area contributed by atoms with Crippen LogP contribution in [0.1, 0.15) is 27.7 Å². The zero-order chi connectivity index (χ0) is 14.5. The molecule has 1 aromatic heterocycles. The van der Waals surface area contributed by atoms with Crippen LogP contribution in [0.5, 0.6) is 0 Å². The van der Waals surface area contributed by atoms with E-state index < -0.39 is 11.7 Å². The van der Waals surface area contributed by atoms with Crippen molar-refractivity contribution in [3.05, 3.63) is 16.9 Å². The summed E-state index contributed by atoms with van der Waals surface area (Å²) < 4.78 is 5.98. The van der Waals surface area contributed by atoms with Crippen molar-refractivity contribution in [2.75, 3.05) is 11.9 Å². The molecule has 1 heterocycles. The molecule has 1 rings (SSSR count). The van der Waals surface area contributed by atoms with Crippen LogP contribution in [-0.4, -0.2) is 34.2 Å². The van der Waals surface area contributed by atoms with Crippen molar-refractivity contribution >= 4 is 28.0 Å². The third-order valence-corrected chi connectivity index (χ3v) is 2.36. The van der Waals surface area contributed by atoms with Crippen LogP contribution in [0, 0.1) is 0 Å². The molecule has 0 aliphatic heterocycles. The highest BCUT2D eigenvalue weighted by Gasteiger charge is 2.17. The molecule has 6 nitrogen and oxygen atoms in total. The Kier molecular flexibility index (Phi) is 5.53. The molecule has 1 atom stereocenters. The molecule has 19 heavy (non-hydrogen) atoms. The quantitative estimate of drug-likeness (QED) is 0.887. The van der Waals surface area contributed by atoms with Crippen LogP contribution in [0.25, 0.3) is 0 Å². The van der Waals surface area contributed by atoms with E-state index in [0.717, 1.165) is 4.47 Å². The van der Waals surface area contributed by atoms with E-state index >= 15 is 0 Å². The zero-order valence-corrected chi connectivity index (χ0v) is 13.1. The second kappa shape index (κ2) is 6.70. The number of carbonyl (C=O) groups is 1. The molecular formula is C12H19BrN4O2. The monoisotopic (exact) mass is 330 g/mol. The molecule has 0 aliphatic carbocycles. The molecule has 0 bridgehead atoms. The lowest BCUT2D eigenvalue weighted by atomic mass is 10.2. The standard InChI is InChI=1S/C12H19BrN4O2/c1-8(17-11(18)19-12(2,3)4)5-14-10-15-6-9(13)7-16-10/h6-8H,5H2,1-4H3,(H,17,18)(H,14,15,16). The van der Waals surface area contributed by atoms with Crippen molar-refractivity contribution in [1.29, 1.82) is 0 Å². The zero-order valence-electron chi connectivity index (χ0n) is 11.5. The van der Waals surface area contributed by atoms with Gasteiger partial charge in [0.25, 0.3) is 0 Å². The van der Waals surface area contributed by atoms with E-state index in [4.69, 9.17) is 4.74 Å². The molecule has 0 saturated heterocycles. The SMILES string of the molecule is CC(CNc1ncc(Br)cn1)NC(=O)OC(C)(C)C. The smallest absolute Gasteiger partial charge is 0.407 e. The number of hydrogen-bond acceptors (Lipinski definition) is 5. The van der Waals surface area contributed by atoms with Gasteiger partial charge in [0, 0.05) is 25.0 Å². The Morgan fingerprint density at radius 1 is 1.42 bits per heavy atom. The van der Waals surface area contributed by atoms with Gasteiger partial charge in [-0.15, -0.1) is 0 Å². The molecule has 1 unspecified atom stereocenters. The van der Waals surface area contributed by atoms with Crippen LogP contribution in [0.4, 0.5) is 10.7 Å². The lowest BCUT2D eigenvalue weighted by Crippen LogP contribution is -2.40. The summed E-state index contributed by atoms with van der Waals surface area (Å²) in [4.78, 5) is 19.7. The Bertz CT molecular complexity index is 417. The predicted octanol–water partition coefficient (Wildman–Crippen LogP) is 2.56. The minimum Gasteiger partial charge on any atom is -0.444 e. The van der Waals surface area contributed by atoms with Crippen molar-refractivity contribution in [2.24, 2.45) is 0 Å². The molecule has 106 valence electrons. The minimum atomic E-state index is -0.494. The molecule has 1 amide bonds. The van der Waals surface area contributed by atoms with Crippen molar-refractivity contribution in [2.45, 2.75) is 39.3 Å². The van der Waals surface area contributed by atoms with E-state index in [-0.39, 0.29) is 6.04 Å². The van der Waals surface area contributed by atoms with Gasteiger partial charge in [-0.25, -0.2) is 14.8 Å². The number of ether oxygens (including phenoxy) is 1. The molecular weight excluding hydrogens is 312 g/mol. The van der Waals surface area contributed by atoms with Crippen molar-refractivity contribution in [3.63, 3.8) is 0 Å². The van der Waals surface area contributed by atoms with Crippen LogP contribution in [-0.2, 0) is 4.74 Å². The van der Waals surface area contributed by atoms with Gasteiger partial charge in [0.15, 0.2) is 0 Å². The van der Waals surface area contributed by atoms with Gasteiger partial charge in [0.05, 0.1) is 4.47 Å². The maximum absolute atomic E-state index is 11.5. The van der Waals surface area contributed by atoms with E-state index in [1.165, 1.54) is 0 Å². The van der Waals surface area contributed by atoms with Crippen molar-refractivity contribution in [1.82, 2.24) is 15.3 Å². The van der Waals surface area contributed by atoms with E-state index in [9.17, 15) is 4.79 Å². The van der Waals surface area contributed by atoms with Gasteiger partial charge < -0.3 is 15.4 Å². The first-order valence-corrected chi connectivity index (χ1v) is 6.76. The van der Waals surface area contributed by atoms with E-state index in [2.05, 4.69) is 36.5 Å². The average molecular weight is 331 g/mol. The highest BCUT2D eigenvalue weighted by atomic mass is 79.9. The average Bonchev–Trinajstić information content (AvgIpc) is 2.25. The number of amides is 1. The lowest BCUT2D eigenvalue weighted by molar-refractivity contribution is 0.0511. The van der Waals surface area contributed by atoms with Crippen LogP contribution in [0.2, 0.25) is 0 Å². The number of hydrogen-bond donors (Lipinski definition) is 2. The Balaban J connectivity index is 2.33. The molecule has 2 N–H and O–H groups in total. The first-order valence-electron chi connectivity index (χ1n) is 5.97. The van der Waals surface area contributed by atoms with Crippen LogP contribution in [0.15, 0.2) is 16.9 Å². The number of anilines is 1. The van der Waals surface area contributed by atoms with E-state index in [1.807, 2.05) is 27.7 Å². The van der Waals surface area contributed by atoms with Gasteiger partial charge in [-0.3, -0.25) is 0 Å². The Hall–Kier alpha value is -1.37. The number of aromatic nitrogens is 2. The van der Waals surface area contributed by atoms with Gasteiger partial charge in [-0.05, 0) is 43.6 Å². The maximum atomic E-state index is 11.5. The number of carbonyl (C=O) groups excluding carboxylic acids is 1. The highest BCUT2D eigenvalue weighted by molar-refractivity contribution is 9.10. The predicted molar refractivity (Wildman–Crippen MR) is 77.1 cm³/mol. The van der Waals surface area contributed by atoms with Gasteiger partial charge in [0.2, 0.25) is 5.95 Å². The van der Waals surface area contributed by atoms with Crippen LogP contribution >= 0.6 is 15.9 Å². The molecule has 0 aliphatic rings. The summed E-state index contributed by atoms with van der Waals surface area (Å²) in [6, 6.07) is -0.0953. The number of rotatable bonds is 4.